The van der Waals surface area contributed by atoms with Gasteiger partial charge in [-0.15, -0.1) is 0 Å². The van der Waals surface area contributed by atoms with E-state index in [1.54, 1.807) is 24.4 Å². The van der Waals surface area contributed by atoms with Crippen LogP contribution in [0.2, 0.25) is 0 Å². The number of imidazole rings is 1. The second kappa shape index (κ2) is 5.77. The molecule has 0 saturated heterocycles. The Morgan fingerprint density at radius 2 is 2.14 bits per heavy atom. The van der Waals surface area contributed by atoms with Crippen LogP contribution in [0, 0.1) is 6.92 Å². The van der Waals surface area contributed by atoms with Gasteiger partial charge in [-0.25, -0.2) is 10.4 Å². The number of fused-ring (bicyclic) bond motifs is 1. The van der Waals surface area contributed by atoms with Crippen molar-refractivity contribution in [2.75, 3.05) is 12.5 Å². The number of phenols is 1. The van der Waals surface area contributed by atoms with Gasteiger partial charge in [-0.3, -0.25) is 0 Å². The minimum Gasteiger partial charge on any atom is -0.504 e. The standard InChI is InChI=1S/C16H16N4O2/c1-10-3-5-12-13(7-10)19-16(18-12)20-17-9-11-4-6-15(22-2)14(21)8-11/h3-9,21H,1-2H3,(H2,18,19,20)/b17-9-. The SMILES string of the molecule is COc1ccc(/C=N\Nc2nc3ccc(C)cc3[nH]2)cc1O. The van der Waals surface area contributed by atoms with Crippen molar-refractivity contribution in [3.63, 3.8) is 0 Å². The highest BCUT2D eigenvalue weighted by molar-refractivity contribution is 5.82. The van der Waals surface area contributed by atoms with Crippen molar-refractivity contribution in [2.45, 2.75) is 6.92 Å². The van der Waals surface area contributed by atoms with E-state index in [9.17, 15) is 5.11 Å². The first-order valence-corrected chi connectivity index (χ1v) is 6.78. The molecule has 2 aromatic carbocycles. The molecule has 0 spiro atoms. The second-order valence-corrected chi connectivity index (χ2v) is 4.91. The van der Waals surface area contributed by atoms with Crippen LogP contribution in [0.3, 0.4) is 0 Å². The molecule has 0 amide bonds. The lowest BCUT2D eigenvalue weighted by Gasteiger charge is -2.02. The van der Waals surface area contributed by atoms with Gasteiger partial charge < -0.3 is 14.8 Å². The van der Waals surface area contributed by atoms with Crippen LogP contribution in [0.5, 0.6) is 11.5 Å². The van der Waals surface area contributed by atoms with E-state index in [4.69, 9.17) is 4.74 Å². The van der Waals surface area contributed by atoms with Crippen molar-refractivity contribution in [1.82, 2.24) is 9.97 Å². The fourth-order valence-electron chi connectivity index (χ4n) is 2.13. The molecule has 0 aliphatic rings. The number of aromatic amines is 1. The number of aromatic nitrogens is 2. The topological polar surface area (TPSA) is 82.5 Å². The summed E-state index contributed by atoms with van der Waals surface area (Å²) in [6.45, 7) is 2.03. The largest absolute Gasteiger partial charge is 0.504 e. The van der Waals surface area contributed by atoms with E-state index >= 15 is 0 Å². The average Bonchev–Trinajstić information content (AvgIpc) is 2.89. The van der Waals surface area contributed by atoms with Crippen LogP contribution in [0.15, 0.2) is 41.5 Å². The summed E-state index contributed by atoms with van der Waals surface area (Å²) in [5.41, 5.74) is 6.59. The highest BCUT2D eigenvalue weighted by atomic mass is 16.5. The quantitative estimate of drug-likeness (QED) is 0.510. The number of nitrogens with one attached hydrogen (secondary N) is 2. The number of H-pyrrole nitrogens is 1. The van der Waals surface area contributed by atoms with Crippen LogP contribution in [0.4, 0.5) is 5.95 Å². The van der Waals surface area contributed by atoms with Crippen molar-refractivity contribution in [3.05, 3.63) is 47.5 Å². The Bertz CT molecular complexity index is 839. The first-order valence-electron chi connectivity index (χ1n) is 6.78. The van der Waals surface area contributed by atoms with Crippen molar-refractivity contribution in [2.24, 2.45) is 5.10 Å². The third-order valence-corrected chi connectivity index (χ3v) is 3.22. The lowest BCUT2D eigenvalue weighted by atomic mass is 10.2. The monoisotopic (exact) mass is 296 g/mol. The van der Waals surface area contributed by atoms with Crippen LogP contribution >= 0.6 is 0 Å². The fraction of sp³-hybridized carbons (Fsp3) is 0.125. The van der Waals surface area contributed by atoms with E-state index in [2.05, 4.69) is 20.5 Å². The maximum Gasteiger partial charge on any atom is 0.222 e. The number of nitrogens with zero attached hydrogens (tertiary/aromatic N) is 2. The Labute approximate surface area is 127 Å². The normalized spacial score (nSPS) is 11.2. The molecular formula is C16H16N4O2. The van der Waals surface area contributed by atoms with E-state index in [1.807, 2.05) is 25.1 Å². The molecule has 0 fully saturated rings. The summed E-state index contributed by atoms with van der Waals surface area (Å²) in [4.78, 5) is 7.53. The molecule has 6 heteroatoms. The zero-order valence-corrected chi connectivity index (χ0v) is 12.3. The van der Waals surface area contributed by atoms with Gasteiger partial charge in [0, 0.05) is 0 Å². The maximum atomic E-state index is 9.70. The Balaban J connectivity index is 1.74. The first-order chi connectivity index (χ1) is 10.7. The van der Waals surface area contributed by atoms with Gasteiger partial charge in [-0.1, -0.05) is 6.07 Å². The fourth-order valence-corrected chi connectivity index (χ4v) is 2.13. The summed E-state index contributed by atoms with van der Waals surface area (Å²) in [7, 11) is 1.51. The molecule has 112 valence electrons. The van der Waals surface area contributed by atoms with Gasteiger partial charge in [0.25, 0.3) is 0 Å². The zero-order valence-electron chi connectivity index (χ0n) is 12.3. The average molecular weight is 296 g/mol. The van der Waals surface area contributed by atoms with E-state index in [1.165, 1.54) is 12.7 Å². The Kier molecular flexibility index (Phi) is 3.65. The van der Waals surface area contributed by atoms with Crippen LogP contribution in [-0.2, 0) is 0 Å². The number of benzene rings is 2. The third-order valence-electron chi connectivity index (χ3n) is 3.22. The molecule has 0 saturated carbocycles. The van der Waals surface area contributed by atoms with Gasteiger partial charge in [0.05, 0.1) is 24.4 Å². The summed E-state index contributed by atoms with van der Waals surface area (Å²) in [6, 6.07) is 11.0. The van der Waals surface area contributed by atoms with Crippen LogP contribution in [0.1, 0.15) is 11.1 Å². The second-order valence-electron chi connectivity index (χ2n) is 4.91. The third kappa shape index (κ3) is 2.85. The van der Waals surface area contributed by atoms with Gasteiger partial charge in [0.2, 0.25) is 5.95 Å². The number of hydrazone groups is 1. The van der Waals surface area contributed by atoms with Crippen molar-refractivity contribution >= 4 is 23.2 Å². The van der Waals surface area contributed by atoms with Crippen LogP contribution in [0.25, 0.3) is 11.0 Å². The highest BCUT2D eigenvalue weighted by Gasteiger charge is 2.02. The summed E-state index contributed by atoms with van der Waals surface area (Å²) in [5.74, 6) is 1.07. The van der Waals surface area contributed by atoms with Gasteiger partial charge >= 0.3 is 0 Å². The van der Waals surface area contributed by atoms with Gasteiger partial charge in [0.1, 0.15) is 0 Å². The molecule has 3 aromatic rings. The lowest BCUT2D eigenvalue weighted by Crippen LogP contribution is -1.92. The Morgan fingerprint density at radius 1 is 1.27 bits per heavy atom. The number of hydrogen-bond donors (Lipinski definition) is 3. The van der Waals surface area contributed by atoms with Crippen LogP contribution in [-0.4, -0.2) is 28.4 Å². The minimum atomic E-state index is 0.0747. The Morgan fingerprint density at radius 3 is 2.91 bits per heavy atom. The number of anilines is 1. The number of hydrogen-bond acceptors (Lipinski definition) is 5. The number of rotatable bonds is 4. The molecule has 6 nitrogen and oxygen atoms in total. The smallest absolute Gasteiger partial charge is 0.222 e. The number of aryl methyl sites for hydroxylation is 1. The molecular weight excluding hydrogens is 280 g/mol. The molecule has 1 heterocycles. The lowest BCUT2D eigenvalue weighted by molar-refractivity contribution is 0.373. The molecule has 3 N–H and O–H groups in total. The van der Waals surface area contributed by atoms with Crippen molar-refractivity contribution < 1.29 is 9.84 Å². The highest BCUT2D eigenvalue weighted by Crippen LogP contribution is 2.25. The van der Waals surface area contributed by atoms with Gasteiger partial charge in [-0.05, 0) is 48.4 Å². The number of aromatic hydroxyl groups is 1. The predicted molar refractivity (Wildman–Crippen MR) is 86.7 cm³/mol. The molecule has 0 bridgehead atoms. The van der Waals surface area contributed by atoms with Gasteiger partial charge in [-0.2, -0.15) is 5.10 Å². The zero-order chi connectivity index (χ0) is 15.5. The molecule has 0 atom stereocenters. The summed E-state index contributed by atoms with van der Waals surface area (Å²) < 4.78 is 4.99. The van der Waals surface area contributed by atoms with Crippen molar-refractivity contribution in [3.8, 4) is 11.5 Å². The van der Waals surface area contributed by atoms with E-state index < -0.39 is 0 Å². The first kappa shape index (κ1) is 13.9. The summed E-state index contributed by atoms with van der Waals surface area (Å²) in [5, 5.41) is 13.8. The number of methoxy groups -OCH3 is 1. The molecule has 0 radical (unpaired) electrons. The molecule has 0 unspecified atom stereocenters. The predicted octanol–water partition coefficient (Wildman–Crippen LogP) is 3.03. The molecule has 3 rings (SSSR count). The molecule has 0 aliphatic heterocycles. The summed E-state index contributed by atoms with van der Waals surface area (Å²) >= 11 is 0. The van der Waals surface area contributed by atoms with Crippen LogP contribution < -0.4 is 10.2 Å². The molecule has 1 aromatic heterocycles. The van der Waals surface area contributed by atoms with Gasteiger partial charge in [0.15, 0.2) is 11.5 Å². The minimum absolute atomic E-state index is 0.0747. The maximum absolute atomic E-state index is 9.70. The molecule has 22 heavy (non-hydrogen) atoms. The Hall–Kier alpha value is -3.02. The summed E-state index contributed by atoms with van der Waals surface area (Å²) in [6.07, 6.45) is 1.59. The van der Waals surface area contributed by atoms with Crippen molar-refractivity contribution in [1.29, 1.82) is 0 Å². The molecule has 0 aliphatic carbocycles. The van der Waals surface area contributed by atoms with E-state index in [0.717, 1.165) is 16.6 Å². The number of phenolic OH excluding ortho intramolecular Hbond substituents is 1. The van der Waals surface area contributed by atoms with E-state index in [-0.39, 0.29) is 5.75 Å². The number of ether oxygens (including phenoxy) is 1. The van der Waals surface area contributed by atoms with E-state index in [0.29, 0.717) is 11.7 Å².